The summed E-state index contributed by atoms with van der Waals surface area (Å²) >= 11 is 0.646. The van der Waals surface area contributed by atoms with Crippen LogP contribution in [0.2, 0.25) is 11.6 Å². The second kappa shape index (κ2) is 36.7. The van der Waals surface area contributed by atoms with Gasteiger partial charge in [-0.15, -0.1) is 0 Å². The van der Waals surface area contributed by atoms with Crippen molar-refractivity contribution < 1.29 is 9.59 Å². The SMILES string of the molecule is CC.CC.CC.CC.CC.CC.C[Se]c1ccccc1C(=O)N(C)c1ccccc1.C[Se]c1ccccc1C(=O)N(C)c1ccccc1. The molecule has 0 saturated carbocycles. The molecule has 0 unspecified atom stereocenters. The first-order valence-electron chi connectivity index (χ1n) is 17.4. The van der Waals surface area contributed by atoms with Crippen LogP contribution in [0.25, 0.3) is 0 Å². The molecule has 2 amide bonds. The molecule has 268 valence electrons. The normalized spacial score (nSPS) is 8.33. The molecule has 4 nitrogen and oxygen atoms in total. The van der Waals surface area contributed by atoms with Crippen molar-refractivity contribution in [2.75, 3.05) is 23.9 Å². The van der Waals surface area contributed by atoms with Gasteiger partial charge in [-0.2, -0.15) is 0 Å². The monoisotopic (exact) mass is 790 g/mol. The first kappa shape index (κ1) is 51.7. The topological polar surface area (TPSA) is 40.6 Å². The Hall–Kier alpha value is -3.14. The fourth-order valence-electron chi connectivity index (χ4n) is 3.54. The summed E-state index contributed by atoms with van der Waals surface area (Å²) in [7, 11) is 3.63. The quantitative estimate of drug-likeness (QED) is 0.183. The fourth-order valence-corrected chi connectivity index (χ4v) is 6.02. The molecule has 0 aliphatic heterocycles. The van der Waals surface area contributed by atoms with Crippen LogP contribution in [0.5, 0.6) is 0 Å². The number of hydrogen-bond acceptors (Lipinski definition) is 2. The molecule has 0 radical (unpaired) electrons. The zero-order valence-corrected chi connectivity index (χ0v) is 36.3. The molecule has 0 bridgehead atoms. The van der Waals surface area contributed by atoms with Gasteiger partial charge in [-0.25, -0.2) is 0 Å². The first-order valence-corrected chi connectivity index (χ1v) is 22.5. The van der Waals surface area contributed by atoms with Crippen LogP contribution in [0.15, 0.2) is 109 Å². The first-order chi connectivity index (χ1) is 23.5. The van der Waals surface area contributed by atoms with Crippen LogP contribution in [-0.4, -0.2) is 55.8 Å². The van der Waals surface area contributed by atoms with E-state index in [9.17, 15) is 9.59 Å². The van der Waals surface area contributed by atoms with Gasteiger partial charge in [-0.1, -0.05) is 83.1 Å². The molecular formula is C42H66N2O2Se2. The predicted molar refractivity (Wildman–Crippen MR) is 222 cm³/mol. The number of benzene rings is 4. The molecule has 4 rings (SSSR count). The average Bonchev–Trinajstić information content (AvgIpc) is 3.22. The molecule has 48 heavy (non-hydrogen) atoms. The van der Waals surface area contributed by atoms with Crippen LogP contribution < -0.4 is 18.7 Å². The van der Waals surface area contributed by atoms with Gasteiger partial charge in [0.25, 0.3) is 0 Å². The Bertz CT molecular complexity index is 1180. The summed E-state index contributed by atoms with van der Waals surface area (Å²) < 4.78 is 2.30. The number of hydrogen-bond donors (Lipinski definition) is 0. The zero-order chi connectivity index (χ0) is 37.9. The molecule has 0 spiro atoms. The third kappa shape index (κ3) is 19.0. The molecule has 0 aromatic heterocycles. The molecular weight excluding hydrogens is 722 g/mol. The molecule has 0 N–H and O–H groups in total. The van der Waals surface area contributed by atoms with Crippen molar-refractivity contribution in [2.45, 2.75) is 94.7 Å². The molecule has 0 atom stereocenters. The van der Waals surface area contributed by atoms with E-state index in [0.29, 0.717) is 29.9 Å². The second-order valence-electron chi connectivity index (χ2n) is 7.80. The summed E-state index contributed by atoms with van der Waals surface area (Å²) in [6, 6.07) is 35.1. The molecule has 0 aliphatic carbocycles. The summed E-state index contributed by atoms with van der Waals surface area (Å²) in [5, 5.41) is 0. The number of rotatable bonds is 6. The van der Waals surface area contributed by atoms with Crippen LogP contribution in [0, 0.1) is 0 Å². The van der Waals surface area contributed by atoms with Crippen molar-refractivity contribution >= 4 is 62.0 Å². The van der Waals surface area contributed by atoms with Gasteiger partial charge in [-0.3, -0.25) is 0 Å². The number of amides is 2. The zero-order valence-electron chi connectivity index (χ0n) is 32.9. The molecule has 6 heteroatoms. The van der Waals surface area contributed by atoms with Gasteiger partial charge in [0, 0.05) is 0 Å². The van der Waals surface area contributed by atoms with Gasteiger partial charge in [0.2, 0.25) is 0 Å². The average molecular weight is 789 g/mol. The third-order valence-electron chi connectivity index (χ3n) is 5.57. The Morgan fingerprint density at radius 2 is 0.625 bits per heavy atom. The van der Waals surface area contributed by atoms with E-state index in [0.717, 1.165) is 31.4 Å². The van der Waals surface area contributed by atoms with Gasteiger partial charge in [0.15, 0.2) is 0 Å². The van der Waals surface area contributed by atoms with E-state index in [-0.39, 0.29) is 11.8 Å². The maximum absolute atomic E-state index is 12.5. The Kier molecular flexibility index (Phi) is 39.5. The van der Waals surface area contributed by atoms with E-state index < -0.39 is 0 Å². The summed E-state index contributed by atoms with van der Waals surface area (Å²) in [5.74, 6) is 4.37. The summed E-state index contributed by atoms with van der Waals surface area (Å²) in [6.07, 6.45) is 0. The Morgan fingerprint density at radius 3 is 0.875 bits per heavy atom. The Labute approximate surface area is 309 Å². The molecule has 4 aromatic rings. The number of carbonyl (C=O) groups is 2. The molecule has 0 fully saturated rings. The van der Waals surface area contributed by atoms with Gasteiger partial charge < -0.3 is 0 Å². The van der Waals surface area contributed by atoms with Crippen LogP contribution >= 0.6 is 0 Å². The van der Waals surface area contributed by atoms with Crippen LogP contribution in [-0.2, 0) is 0 Å². The van der Waals surface area contributed by atoms with Crippen LogP contribution in [0.1, 0.15) is 104 Å². The van der Waals surface area contributed by atoms with E-state index in [1.54, 1.807) is 9.80 Å². The maximum atomic E-state index is 12.5. The van der Waals surface area contributed by atoms with E-state index >= 15 is 0 Å². The van der Waals surface area contributed by atoms with Gasteiger partial charge >= 0.3 is 227 Å². The van der Waals surface area contributed by atoms with Crippen molar-refractivity contribution in [3.63, 3.8) is 0 Å². The third-order valence-corrected chi connectivity index (χ3v) is 8.91. The van der Waals surface area contributed by atoms with E-state index in [1.807, 2.05) is 206 Å². The van der Waals surface area contributed by atoms with E-state index in [4.69, 9.17) is 0 Å². The number of para-hydroxylation sites is 2. The number of anilines is 2. The molecule has 0 heterocycles. The minimum absolute atomic E-state index is 0.0560. The summed E-state index contributed by atoms with van der Waals surface area (Å²) in [4.78, 5) is 28.3. The van der Waals surface area contributed by atoms with Crippen molar-refractivity contribution in [3.8, 4) is 0 Å². The molecule has 0 aliphatic rings. The van der Waals surface area contributed by atoms with Gasteiger partial charge in [0.1, 0.15) is 0 Å². The van der Waals surface area contributed by atoms with Gasteiger partial charge in [0.05, 0.1) is 0 Å². The predicted octanol–water partition coefficient (Wildman–Crippen LogP) is 10.8. The van der Waals surface area contributed by atoms with Crippen LogP contribution in [0.3, 0.4) is 0 Å². The number of carbonyl (C=O) groups excluding carboxylic acids is 2. The van der Waals surface area contributed by atoms with E-state index in [1.165, 1.54) is 0 Å². The Balaban J connectivity index is -0.000000307. The fraction of sp³-hybridized carbons (Fsp3) is 0.381. The molecule has 4 aromatic carbocycles. The summed E-state index contributed by atoms with van der Waals surface area (Å²) in [6.45, 7) is 24.0. The van der Waals surface area contributed by atoms with Crippen LogP contribution in [0.4, 0.5) is 11.4 Å². The second-order valence-corrected chi connectivity index (χ2v) is 11.4. The van der Waals surface area contributed by atoms with Crippen molar-refractivity contribution in [3.05, 3.63) is 120 Å². The number of nitrogens with zero attached hydrogens (tertiary/aromatic N) is 2. The Morgan fingerprint density at radius 1 is 0.396 bits per heavy atom. The standard InChI is InChI=1S/2C15H15NOSe.6C2H6/c2*1-16(12-8-4-3-5-9-12)15(17)13-10-6-7-11-14(13)18-2;6*1-2/h2*3-11H,1-2H3;6*1-2H3. The van der Waals surface area contributed by atoms with Crippen molar-refractivity contribution in [2.24, 2.45) is 0 Å². The minimum atomic E-state index is 0.0560. The summed E-state index contributed by atoms with van der Waals surface area (Å²) in [5.41, 5.74) is 3.46. The van der Waals surface area contributed by atoms with Crippen molar-refractivity contribution in [1.29, 1.82) is 0 Å². The van der Waals surface area contributed by atoms with Crippen molar-refractivity contribution in [1.82, 2.24) is 0 Å². The van der Waals surface area contributed by atoms with E-state index in [2.05, 4.69) is 11.6 Å². The molecule has 0 saturated heterocycles. The van der Waals surface area contributed by atoms with Gasteiger partial charge in [-0.05, 0) is 0 Å².